The summed E-state index contributed by atoms with van der Waals surface area (Å²) in [5.74, 6) is -1.97. The normalized spacial score (nSPS) is 27.9. The van der Waals surface area contributed by atoms with Crippen LogP contribution in [0.3, 0.4) is 0 Å². The Bertz CT molecular complexity index is 1160. The number of likely N-dealkylation sites (tertiary alicyclic amines) is 1. The van der Waals surface area contributed by atoms with Gasteiger partial charge in [-0.3, -0.25) is 24.6 Å². The zero-order valence-electron chi connectivity index (χ0n) is 19.1. The minimum Gasteiger partial charge on any atom is -0.508 e. The average Bonchev–Trinajstić information content (AvgIpc) is 3.34. The van der Waals surface area contributed by atoms with Crippen molar-refractivity contribution in [2.24, 2.45) is 11.8 Å². The predicted molar refractivity (Wildman–Crippen MR) is 124 cm³/mol. The zero-order chi connectivity index (χ0) is 23.5. The van der Waals surface area contributed by atoms with Crippen molar-refractivity contribution in [2.45, 2.75) is 51.6 Å². The van der Waals surface area contributed by atoms with Crippen LogP contribution in [0.5, 0.6) is 5.75 Å². The Morgan fingerprint density at radius 2 is 1.79 bits per heavy atom. The maximum atomic E-state index is 13.7. The Hall–Kier alpha value is -3.19. The Morgan fingerprint density at radius 3 is 2.48 bits per heavy atom. The molecule has 33 heavy (non-hydrogen) atoms. The molecule has 2 saturated heterocycles. The third-order valence-electron chi connectivity index (χ3n) is 7.38. The highest BCUT2D eigenvalue weighted by Crippen LogP contribution is 2.54. The monoisotopic (exact) mass is 447 g/mol. The highest BCUT2D eigenvalue weighted by atomic mass is 16.3. The molecule has 3 heterocycles. The summed E-state index contributed by atoms with van der Waals surface area (Å²) in [5.41, 5.74) is 3.08. The lowest BCUT2D eigenvalue weighted by Crippen LogP contribution is -2.53. The van der Waals surface area contributed by atoms with Gasteiger partial charge in [0.25, 0.3) is 0 Å². The third kappa shape index (κ3) is 3.09. The summed E-state index contributed by atoms with van der Waals surface area (Å²) in [6.07, 6.45) is 2.08. The molecule has 0 saturated carbocycles. The number of unbranched alkanes of at least 4 members (excludes halogenated alkanes) is 1. The van der Waals surface area contributed by atoms with Gasteiger partial charge in [-0.2, -0.15) is 0 Å². The van der Waals surface area contributed by atoms with Crippen molar-refractivity contribution in [2.75, 3.05) is 11.9 Å². The van der Waals surface area contributed by atoms with Gasteiger partial charge in [0.1, 0.15) is 11.3 Å². The van der Waals surface area contributed by atoms with Crippen molar-refractivity contribution in [1.29, 1.82) is 0 Å². The van der Waals surface area contributed by atoms with E-state index in [0.717, 1.165) is 40.8 Å². The number of phenolic OH excluding ortho intramolecular Hbond substituents is 1. The zero-order valence-corrected chi connectivity index (χ0v) is 19.1. The van der Waals surface area contributed by atoms with Crippen LogP contribution < -0.4 is 10.6 Å². The van der Waals surface area contributed by atoms with E-state index in [1.165, 1.54) is 4.90 Å². The molecule has 7 heteroatoms. The Morgan fingerprint density at radius 1 is 1.06 bits per heavy atom. The largest absolute Gasteiger partial charge is 0.508 e. The van der Waals surface area contributed by atoms with Crippen molar-refractivity contribution in [1.82, 2.24) is 10.2 Å². The van der Waals surface area contributed by atoms with E-state index in [-0.39, 0.29) is 29.5 Å². The van der Waals surface area contributed by atoms with Gasteiger partial charge in [-0.05, 0) is 49.9 Å². The standard InChI is InChI=1S/C26H29N3O4/c1-4-5-10-29-23(31)20-19(13-16-6-8-17(30)9-7-16)28-26(21(20)24(29)32)18-12-14(2)11-15(3)22(18)27-25(26)33/h6-9,11-12,19-21,28,30H,4-5,10,13H2,1-3H3,(H,27,33)/t19?,20-,21+,26?/m1/s1. The number of carbonyl (C=O) groups excluding carboxylic acids is 3. The van der Waals surface area contributed by atoms with E-state index in [2.05, 4.69) is 10.6 Å². The third-order valence-corrected chi connectivity index (χ3v) is 7.38. The van der Waals surface area contributed by atoms with E-state index < -0.39 is 17.4 Å². The van der Waals surface area contributed by atoms with Crippen molar-refractivity contribution < 1.29 is 19.5 Å². The summed E-state index contributed by atoms with van der Waals surface area (Å²) >= 11 is 0. The molecule has 5 rings (SSSR count). The number of phenols is 1. The number of nitrogens with zero attached hydrogens (tertiary/aromatic N) is 1. The second-order valence-corrected chi connectivity index (χ2v) is 9.57. The Balaban J connectivity index is 1.63. The maximum absolute atomic E-state index is 13.7. The smallest absolute Gasteiger partial charge is 0.250 e. The number of amides is 3. The molecule has 3 aliphatic rings. The summed E-state index contributed by atoms with van der Waals surface area (Å²) in [4.78, 5) is 42.2. The lowest BCUT2D eigenvalue weighted by Gasteiger charge is -2.30. The fourth-order valence-corrected chi connectivity index (χ4v) is 5.92. The second kappa shape index (κ2) is 7.70. The lowest BCUT2D eigenvalue weighted by molar-refractivity contribution is -0.142. The Labute approximate surface area is 193 Å². The van der Waals surface area contributed by atoms with Gasteiger partial charge in [0, 0.05) is 23.8 Å². The molecule has 3 amide bonds. The van der Waals surface area contributed by atoms with Gasteiger partial charge in [-0.1, -0.05) is 43.2 Å². The van der Waals surface area contributed by atoms with E-state index in [1.807, 2.05) is 45.0 Å². The fraction of sp³-hybridized carbons (Fsp3) is 0.423. The van der Waals surface area contributed by atoms with Crippen LogP contribution in [0.15, 0.2) is 36.4 Å². The number of fused-ring (bicyclic) bond motifs is 4. The number of nitrogens with one attached hydrogen (secondary N) is 2. The van der Waals surface area contributed by atoms with Crippen molar-refractivity contribution in [3.05, 3.63) is 58.7 Å². The summed E-state index contributed by atoms with van der Waals surface area (Å²) in [7, 11) is 0. The number of hydrogen-bond acceptors (Lipinski definition) is 5. The second-order valence-electron chi connectivity index (χ2n) is 9.57. The SMILES string of the molecule is CCCCN1C(=O)[C@@H]2C(Cc3ccc(O)cc3)NC3(C(=O)Nc4c(C)cc(C)cc43)[C@@H]2C1=O. The quantitative estimate of drug-likeness (QED) is 0.613. The van der Waals surface area contributed by atoms with Gasteiger partial charge in [-0.25, -0.2) is 0 Å². The minimum absolute atomic E-state index is 0.167. The number of carbonyl (C=O) groups is 3. The van der Waals surface area contributed by atoms with Crippen LogP contribution in [-0.4, -0.2) is 40.3 Å². The lowest BCUT2D eigenvalue weighted by atomic mass is 9.75. The van der Waals surface area contributed by atoms with E-state index >= 15 is 0 Å². The summed E-state index contributed by atoms with van der Waals surface area (Å²) in [6.45, 7) is 6.32. The van der Waals surface area contributed by atoms with Crippen molar-refractivity contribution >= 4 is 23.4 Å². The van der Waals surface area contributed by atoms with Crippen LogP contribution >= 0.6 is 0 Å². The van der Waals surface area contributed by atoms with Crippen LogP contribution in [0.2, 0.25) is 0 Å². The van der Waals surface area contributed by atoms with Crippen LogP contribution in [0.25, 0.3) is 0 Å². The molecule has 0 aromatic heterocycles. The highest BCUT2D eigenvalue weighted by molar-refractivity contribution is 6.15. The molecule has 0 aliphatic carbocycles. The molecule has 0 radical (unpaired) electrons. The predicted octanol–water partition coefficient (Wildman–Crippen LogP) is 2.77. The number of rotatable bonds is 5. The molecule has 0 bridgehead atoms. The summed E-state index contributed by atoms with van der Waals surface area (Å²) in [6, 6.07) is 10.4. The van der Waals surface area contributed by atoms with Gasteiger partial charge in [0.05, 0.1) is 11.8 Å². The molecule has 2 aromatic carbocycles. The molecule has 172 valence electrons. The first-order valence-corrected chi connectivity index (χ1v) is 11.6. The summed E-state index contributed by atoms with van der Waals surface area (Å²) < 4.78 is 0. The van der Waals surface area contributed by atoms with Gasteiger partial charge < -0.3 is 10.4 Å². The maximum Gasteiger partial charge on any atom is 0.250 e. The number of hydrogen-bond donors (Lipinski definition) is 3. The van der Waals surface area contributed by atoms with Crippen molar-refractivity contribution in [3.8, 4) is 5.75 Å². The molecule has 2 fully saturated rings. The number of imide groups is 1. The topological polar surface area (TPSA) is 98.7 Å². The molecule has 7 nitrogen and oxygen atoms in total. The fourth-order valence-electron chi connectivity index (χ4n) is 5.92. The first kappa shape index (κ1) is 21.6. The molecule has 4 atom stereocenters. The van der Waals surface area contributed by atoms with E-state index in [9.17, 15) is 19.5 Å². The number of benzene rings is 2. The van der Waals surface area contributed by atoms with Gasteiger partial charge in [0.2, 0.25) is 17.7 Å². The van der Waals surface area contributed by atoms with E-state index in [1.54, 1.807) is 12.1 Å². The highest BCUT2D eigenvalue weighted by Gasteiger charge is 2.70. The number of aryl methyl sites for hydroxylation is 2. The minimum atomic E-state index is -1.27. The number of aromatic hydroxyl groups is 1. The van der Waals surface area contributed by atoms with E-state index in [0.29, 0.717) is 13.0 Å². The van der Waals surface area contributed by atoms with Gasteiger partial charge in [-0.15, -0.1) is 0 Å². The number of anilines is 1. The van der Waals surface area contributed by atoms with Gasteiger partial charge >= 0.3 is 0 Å². The first-order valence-electron chi connectivity index (χ1n) is 11.6. The molecular formula is C26H29N3O4. The van der Waals surface area contributed by atoms with Crippen LogP contribution in [0.1, 0.15) is 42.0 Å². The molecule has 2 unspecified atom stereocenters. The molecule has 3 aliphatic heterocycles. The van der Waals surface area contributed by atoms with Crippen LogP contribution in [0, 0.1) is 25.7 Å². The van der Waals surface area contributed by atoms with Gasteiger partial charge in [0.15, 0.2) is 0 Å². The van der Waals surface area contributed by atoms with E-state index in [4.69, 9.17) is 0 Å². The molecular weight excluding hydrogens is 418 g/mol. The molecule has 3 N–H and O–H groups in total. The van der Waals surface area contributed by atoms with Crippen molar-refractivity contribution in [3.63, 3.8) is 0 Å². The van der Waals surface area contributed by atoms with Crippen LogP contribution in [-0.2, 0) is 26.3 Å². The average molecular weight is 448 g/mol. The molecule has 2 aromatic rings. The Kier molecular flexibility index (Phi) is 5.05. The first-order chi connectivity index (χ1) is 15.8. The summed E-state index contributed by atoms with van der Waals surface area (Å²) in [5, 5.41) is 16.1. The molecule has 1 spiro atoms. The van der Waals surface area contributed by atoms with Crippen LogP contribution in [0.4, 0.5) is 5.69 Å².